The Bertz CT molecular complexity index is 825. The second-order valence-corrected chi connectivity index (χ2v) is 8.72. The van der Waals surface area contributed by atoms with Gasteiger partial charge in [-0.05, 0) is 60.9 Å². The fourth-order valence-electron chi connectivity index (χ4n) is 4.39. The number of amides is 1. The van der Waals surface area contributed by atoms with Crippen molar-refractivity contribution in [3.8, 4) is 5.75 Å². The number of pyridine rings is 1. The van der Waals surface area contributed by atoms with Gasteiger partial charge < -0.3 is 9.64 Å². The Kier molecular flexibility index (Phi) is 6.65. The minimum absolute atomic E-state index is 0.110. The van der Waals surface area contributed by atoms with Gasteiger partial charge in [0.2, 0.25) is 0 Å². The Labute approximate surface area is 179 Å². The fourth-order valence-corrected chi connectivity index (χ4v) is 4.39. The van der Waals surface area contributed by atoms with Crippen molar-refractivity contribution < 1.29 is 9.53 Å². The molecule has 3 unspecified atom stereocenters. The van der Waals surface area contributed by atoms with Gasteiger partial charge in [0.25, 0.3) is 5.91 Å². The number of nitrogens with one attached hydrogen (secondary N) is 2. The zero-order valence-electron chi connectivity index (χ0n) is 17.9. The SMILES string of the molecule is CC(C)c1ccc(OCCC2CC(C3CCN(C(=O)c4ccncc4)C3)NN2)cc1. The van der Waals surface area contributed by atoms with E-state index in [1.54, 1.807) is 24.5 Å². The van der Waals surface area contributed by atoms with Gasteiger partial charge in [-0.2, -0.15) is 0 Å². The molecule has 2 saturated heterocycles. The summed E-state index contributed by atoms with van der Waals surface area (Å²) in [5.41, 5.74) is 8.95. The summed E-state index contributed by atoms with van der Waals surface area (Å²) in [5, 5.41) is 0. The van der Waals surface area contributed by atoms with Gasteiger partial charge in [0.05, 0.1) is 6.61 Å². The predicted octanol–water partition coefficient (Wildman–Crippen LogP) is 3.37. The first-order chi connectivity index (χ1) is 14.6. The van der Waals surface area contributed by atoms with Crippen LogP contribution in [0.3, 0.4) is 0 Å². The van der Waals surface area contributed by atoms with Gasteiger partial charge in [-0.1, -0.05) is 26.0 Å². The zero-order valence-corrected chi connectivity index (χ0v) is 17.9. The van der Waals surface area contributed by atoms with Crippen LogP contribution < -0.4 is 15.6 Å². The van der Waals surface area contributed by atoms with Crippen LogP contribution in [0.25, 0.3) is 0 Å². The van der Waals surface area contributed by atoms with Crippen molar-refractivity contribution in [2.45, 2.75) is 51.1 Å². The molecule has 0 radical (unpaired) electrons. The Morgan fingerprint density at radius 1 is 1.17 bits per heavy atom. The summed E-state index contributed by atoms with van der Waals surface area (Å²) >= 11 is 0. The molecular weight excluding hydrogens is 376 g/mol. The molecule has 2 aromatic rings. The van der Waals surface area contributed by atoms with E-state index in [9.17, 15) is 4.79 Å². The maximum absolute atomic E-state index is 12.7. The lowest BCUT2D eigenvalue weighted by Gasteiger charge is -2.20. The average molecular weight is 409 g/mol. The second kappa shape index (κ2) is 9.58. The number of hydrogen-bond donors (Lipinski definition) is 2. The molecule has 2 aliphatic rings. The monoisotopic (exact) mass is 408 g/mol. The van der Waals surface area contributed by atoms with Crippen molar-refractivity contribution in [3.63, 3.8) is 0 Å². The van der Waals surface area contributed by atoms with Gasteiger partial charge in [0.1, 0.15) is 5.75 Å². The molecule has 0 spiro atoms. The van der Waals surface area contributed by atoms with Crippen LogP contribution in [0.1, 0.15) is 54.9 Å². The highest BCUT2D eigenvalue weighted by Crippen LogP contribution is 2.26. The molecule has 3 heterocycles. The molecule has 30 heavy (non-hydrogen) atoms. The van der Waals surface area contributed by atoms with Crippen LogP contribution in [0.5, 0.6) is 5.75 Å². The number of benzene rings is 1. The highest BCUT2D eigenvalue weighted by molar-refractivity contribution is 5.94. The van der Waals surface area contributed by atoms with Gasteiger partial charge in [0, 0.05) is 43.1 Å². The standard InChI is InChI=1S/C24H32N4O2/c1-17(2)18-3-5-22(6-4-18)30-14-10-21-15-23(27-26-21)20-9-13-28(16-20)24(29)19-7-11-25-12-8-19/h3-8,11-12,17,20-21,23,26-27H,9-10,13-16H2,1-2H3. The van der Waals surface area contributed by atoms with Gasteiger partial charge in [0.15, 0.2) is 0 Å². The molecule has 160 valence electrons. The Hall–Kier alpha value is -2.44. The van der Waals surface area contributed by atoms with E-state index >= 15 is 0 Å². The predicted molar refractivity (Wildman–Crippen MR) is 117 cm³/mol. The third kappa shape index (κ3) is 4.99. The molecule has 1 aromatic heterocycles. The second-order valence-electron chi connectivity index (χ2n) is 8.72. The number of carbonyl (C=O) groups is 1. The van der Waals surface area contributed by atoms with Gasteiger partial charge in [-0.15, -0.1) is 0 Å². The fraction of sp³-hybridized carbons (Fsp3) is 0.500. The molecule has 0 aliphatic carbocycles. The van der Waals surface area contributed by atoms with Gasteiger partial charge >= 0.3 is 0 Å². The topological polar surface area (TPSA) is 66.5 Å². The first kappa shape index (κ1) is 20.8. The molecular formula is C24H32N4O2. The van der Waals surface area contributed by atoms with E-state index in [4.69, 9.17) is 4.74 Å². The van der Waals surface area contributed by atoms with Crippen LogP contribution in [0.2, 0.25) is 0 Å². The largest absolute Gasteiger partial charge is 0.494 e. The van der Waals surface area contributed by atoms with Crippen molar-refractivity contribution in [1.82, 2.24) is 20.7 Å². The number of carbonyl (C=O) groups excluding carboxylic acids is 1. The number of rotatable bonds is 7. The lowest BCUT2D eigenvalue weighted by Crippen LogP contribution is -2.39. The van der Waals surface area contributed by atoms with Crippen molar-refractivity contribution in [2.75, 3.05) is 19.7 Å². The number of nitrogens with zero attached hydrogens (tertiary/aromatic N) is 2. The molecule has 6 nitrogen and oxygen atoms in total. The summed E-state index contributed by atoms with van der Waals surface area (Å²) in [6.45, 7) is 6.73. The van der Waals surface area contributed by atoms with Crippen LogP contribution in [0.15, 0.2) is 48.8 Å². The van der Waals surface area contributed by atoms with E-state index in [-0.39, 0.29) is 5.91 Å². The summed E-state index contributed by atoms with van der Waals surface area (Å²) < 4.78 is 5.94. The molecule has 3 atom stereocenters. The smallest absolute Gasteiger partial charge is 0.253 e. The van der Waals surface area contributed by atoms with Crippen LogP contribution in [-0.2, 0) is 0 Å². The molecule has 1 amide bonds. The molecule has 2 fully saturated rings. The summed E-state index contributed by atoms with van der Waals surface area (Å²) in [7, 11) is 0. The molecule has 2 aliphatic heterocycles. The van der Waals surface area contributed by atoms with Gasteiger partial charge in [-0.3, -0.25) is 20.6 Å². The van der Waals surface area contributed by atoms with Crippen molar-refractivity contribution >= 4 is 5.91 Å². The minimum Gasteiger partial charge on any atom is -0.494 e. The lowest BCUT2D eigenvalue weighted by atomic mass is 9.94. The van der Waals surface area contributed by atoms with E-state index in [0.717, 1.165) is 43.7 Å². The van der Waals surface area contributed by atoms with E-state index in [2.05, 4.69) is 53.9 Å². The summed E-state index contributed by atoms with van der Waals surface area (Å²) in [6, 6.07) is 12.8. The minimum atomic E-state index is 0.110. The third-order valence-electron chi connectivity index (χ3n) is 6.30. The summed E-state index contributed by atoms with van der Waals surface area (Å²) in [5.74, 6) is 2.07. The quantitative estimate of drug-likeness (QED) is 0.735. The number of aromatic nitrogens is 1. The van der Waals surface area contributed by atoms with Crippen molar-refractivity contribution in [2.24, 2.45) is 5.92 Å². The number of ether oxygens (including phenoxy) is 1. The van der Waals surface area contributed by atoms with Crippen LogP contribution in [-0.4, -0.2) is 47.6 Å². The maximum Gasteiger partial charge on any atom is 0.253 e. The maximum atomic E-state index is 12.7. The number of likely N-dealkylation sites (tertiary alicyclic amines) is 1. The molecule has 0 bridgehead atoms. The molecule has 0 saturated carbocycles. The summed E-state index contributed by atoms with van der Waals surface area (Å²) in [4.78, 5) is 18.6. The van der Waals surface area contributed by atoms with E-state index in [1.165, 1.54) is 5.56 Å². The number of hydrogen-bond acceptors (Lipinski definition) is 5. The Morgan fingerprint density at radius 3 is 2.67 bits per heavy atom. The molecule has 4 rings (SSSR count). The molecule has 6 heteroatoms. The Balaban J connectivity index is 1.20. The zero-order chi connectivity index (χ0) is 20.9. The van der Waals surface area contributed by atoms with Crippen molar-refractivity contribution in [1.29, 1.82) is 0 Å². The third-order valence-corrected chi connectivity index (χ3v) is 6.30. The van der Waals surface area contributed by atoms with E-state index in [0.29, 0.717) is 30.5 Å². The average Bonchev–Trinajstić information content (AvgIpc) is 3.44. The lowest BCUT2D eigenvalue weighted by molar-refractivity contribution is 0.0784. The highest BCUT2D eigenvalue weighted by atomic mass is 16.5. The van der Waals surface area contributed by atoms with Crippen LogP contribution in [0.4, 0.5) is 0 Å². The Morgan fingerprint density at radius 2 is 1.93 bits per heavy atom. The first-order valence-corrected chi connectivity index (χ1v) is 11.0. The molecule has 1 aromatic carbocycles. The van der Waals surface area contributed by atoms with E-state index in [1.807, 2.05) is 4.90 Å². The molecule has 2 N–H and O–H groups in total. The van der Waals surface area contributed by atoms with Crippen LogP contribution in [0, 0.1) is 5.92 Å². The number of hydrazine groups is 1. The normalized spacial score (nSPS) is 23.8. The first-order valence-electron chi connectivity index (χ1n) is 11.0. The van der Waals surface area contributed by atoms with Crippen LogP contribution >= 0.6 is 0 Å². The highest BCUT2D eigenvalue weighted by Gasteiger charge is 2.36. The van der Waals surface area contributed by atoms with Gasteiger partial charge in [-0.25, -0.2) is 0 Å². The van der Waals surface area contributed by atoms with Crippen molar-refractivity contribution in [3.05, 3.63) is 59.9 Å². The van der Waals surface area contributed by atoms with E-state index < -0.39 is 0 Å². The summed E-state index contributed by atoms with van der Waals surface area (Å²) in [6.07, 6.45) is 6.42.